The number of benzene rings is 1. The van der Waals surface area contributed by atoms with Crippen LogP contribution in [0.4, 0.5) is 0 Å². The summed E-state index contributed by atoms with van der Waals surface area (Å²) in [4.78, 5) is 2.58. The Hall–Kier alpha value is -0.780. The van der Waals surface area contributed by atoms with Crippen molar-refractivity contribution < 1.29 is 9.84 Å². The highest BCUT2D eigenvalue weighted by Gasteiger charge is 2.34. The fourth-order valence-electron chi connectivity index (χ4n) is 3.42. The van der Waals surface area contributed by atoms with Crippen molar-refractivity contribution in [1.29, 1.82) is 0 Å². The van der Waals surface area contributed by atoms with E-state index < -0.39 is 0 Å². The van der Waals surface area contributed by atoms with E-state index in [1.807, 2.05) is 6.07 Å². The lowest BCUT2D eigenvalue weighted by atomic mass is 9.76. The van der Waals surface area contributed by atoms with E-state index >= 15 is 0 Å². The summed E-state index contributed by atoms with van der Waals surface area (Å²) >= 11 is 3.46. The molecule has 116 valence electrons. The number of nitrogens with zero attached hydrogens (tertiary/aromatic N) is 1. The molecule has 0 amide bonds. The van der Waals surface area contributed by atoms with Gasteiger partial charge >= 0.3 is 0 Å². The predicted molar refractivity (Wildman–Crippen MR) is 86.9 cm³/mol. The van der Waals surface area contributed by atoms with Crippen molar-refractivity contribution in [3.8, 4) is 11.5 Å². The third kappa shape index (κ3) is 3.05. The summed E-state index contributed by atoms with van der Waals surface area (Å²) in [7, 11) is 1.61. The zero-order chi connectivity index (χ0) is 14.8. The molecule has 0 unspecified atom stereocenters. The summed E-state index contributed by atoms with van der Waals surface area (Å²) in [5, 5.41) is 13.5. The minimum atomic E-state index is 0.189. The van der Waals surface area contributed by atoms with Crippen molar-refractivity contribution in [2.24, 2.45) is 5.92 Å². The number of nitrogens with one attached hydrogen (secondary N) is 1. The molecule has 0 bridgehead atoms. The van der Waals surface area contributed by atoms with Gasteiger partial charge in [-0.2, -0.15) is 0 Å². The molecule has 1 saturated heterocycles. The van der Waals surface area contributed by atoms with Crippen LogP contribution in [0.25, 0.3) is 0 Å². The van der Waals surface area contributed by atoms with Crippen LogP contribution >= 0.6 is 15.9 Å². The van der Waals surface area contributed by atoms with E-state index in [9.17, 15) is 5.11 Å². The lowest BCUT2D eigenvalue weighted by molar-refractivity contribution is 0.0834. The topological polar surface area (TPSA) is 44.7 Å². The lowest BCUT2D eigenvalue weighted by Gasteiger charge is -2.43. The largest absolute Gasteiger partial charge is 0.503 e. The number of rotatable bonds is 4. The quantitative estimate of drug-likeness (QED) is 0.872. The Labute approximate surface area is 134 Å². The van der Waals surface area contributed by atoms with Crippen molar-refractivity contribution in [2.45, 2.75) is 25.3 Å². The smallest absolute Gasteiger partial charge is 0.172 e. The van der Waals surface area contributed by atoms with Crippen molar-refractivity contribution >= 4 is 15.9 Å². The first-order valence-electron chi connectivity index (χ1n) is 7.72. The fraction of sp³-hybridized carbons (Fsp3) is 0.625. The molecule has 1 aromatic rings. The predicted octanol–water partition coefficient (Wildman–Crippen LogP) is 2.91. The highest BCUT2D eigenvalue weighted by atomic mass is 79.9. The molecule has 3 rings (SSSR count). The van der Waals surface area contributed by atoms with E-state index in [0.717, 1.165) is 36.6 Å². The number of ether oxygens (including phenoxy) is 1. The number of hydrogen-bond donors (Lipinski definition) is 2. The normalized spacial score (nSPS) is 21.8. The Morgan fingerprint density at radius 3 is 2.62 bits per heavy atom. The van der Waals surface area contributed by atoms with E-state index in [2.05, 4.69) is 32.2 Å². The standard InChI is InChI=1S/C16H23BrN2O2/c1-21-14-10-12(9-13(17)16(14)20)15(11-3-2-4-11)19-7-5-18-6-8-19/h9-11,15,18,20H,2-8H2,1H3/t15-/m0/s1. The third-order valence-electron chi connectivity index (χ3n) is 4.75. The van der Waals surface area contributed by atoms with E-state index in [1.165, 1.54) is 24.8 Å². The average molecular weight is 355 g/mol. The van der Waals surface area contributed by atoms with Gasteiger partial charge in [0.25, 0.3) is 0 Å². The van der Waals surface area contributed by atoms with Crippen LogP contribution in [0, 0.1) is 5.92 Å². The van der Waals surface area contributed by atoms with Crippen LogP contribution in [-0.4, -0.2) is 43.3 Å². The Balaban J connectivity index is 1.93. The molecule has 2 fully saturated rings. The first kappa shape index (κ1) is 15.1. The number of phenolic OH excluding ortho intramolecular Hbond substituents is 1. The molecular weight excluding hydrogens is 332 g/mol. The molecule has 0 radical (unpaired) electrons. The Morgan fingerprint density at radius 2 is 2.05 bits per heavy atom. The molecule has 1 heterocycles. The number of hydrogen-bond acceptors (Lipinski definition) is 4. The highest BCUT2D eigenvalue weighted by molar-refractivity contribution is 9.10. The van der Waals surface area contributed by atoms with Gasteiger partial charge in [-0.1, -0.05) is 6.42 Å². The molecule has 1 aliphatic heterocycles. The summed E-state index contributed by atoms with van der Waals surface area (Å²) in [5.74, 6) is 1.47. The molecule has 1 saturated carbocycles. The molecule has 1 aromatic carbocycles. The van der Waals surface area contributed by atoms with E-state index in [1.54, 1.807) is 7.11 Å². The molecule has 21 heavy (non-hydrogen) atoms. The molecule has 0 aromatic heterocycles. The van der Waals surface area contributed by atoms with Gasteiger partial charge in [0, 0.05) is 32.2 Å². The zero-order valence-corrected chi connectivity index (χ0v) is 14.0. The van der Waals surface area contributed by atoms with Crippen LogP contribution in [0.1, 0.15) is 30.9 Å². The maximum atomic E-state index is 10.0. The summed E-state index contributed by atoms with van der Waals surface area (Å²) in [6.07, 6.45) is 3.94. The molecule has 2 N–H and O–H groups in total. The minimum Gasteiger partial charge on any atom is -0.503 e. The molecule has 4 nitrogen and oxygen atoms in total. The number of methoxy groups -OCH3 is 1. The van der Waals surface area contributed by atoms with Crippen LogP contribution in [0.3, 0.4) is 0 Å². The zero-order valence-electron chi connectivity index (χ0n) is 12.4. The Kier molecular flexibility index (Phi) is 4.72. The highest BCUT2D eigenvalue weighted by Crippen LogP contribution is 2.45. The molecule has 5 heteroatoms. The lowest BCUT2D eigenvalue weighted by Crippen LogP contribution is -2.47. The molecule has 1 aliphatic carbocycles. The average Bonchev–Trinajstić information content (AvgIpc) is 2.46. The molecular formula is C16H23BrN2O2. The Bertz CT molecular complexity index is 499. The van der Waals surface area contributed by atoms with Gasteiger partial charge in [-0.05, 0) is 52.4 Å². The van der Waals surface area contributed by atoms with Crippen molar-refractivity contribution in [3.05, 3.63) is 22.2 Å². The summed E-state index contributed by atoms with van der Waals surface area (Å²) in [6.45, 7) is 4.28. The minimum absolute atomic E-state index is 0.189. The number of aromatic hydroxyl groups is 1. The van der Waals surface area contributed by atoms with Gasteiger partial charge in [0.2, 0.25) is 0 Å². The van der Waals surface area contributed by atoms with E-state index in [-0.39, 0.29) is 5.75 Å². The van der Waals surface area contributed by atoms with E-state index in [4.69, 9.17) is 4.74 Å². The summed E-state index contributed by atoms with van der Waals surface area (Å²) in [6, 6.07) is 4.50. The molecule has 2 aliphatic rings. The number of phenols is 1. The van der Waals surface area contributed by atoms with Crippen molar-refractivity contribution in [3.63, 3.8) is 0 Å². The Morgan fingerprint density at radius 1 is 1.33 bits per heavy atom. The van der Waals surface area contributed by atoms with Gasteiger partial charge in [-0.15, -0.1) is 0 Å². The fourth-order valence-corrected chi connectivity index (χ4v) is 3.88. The van der Waals surface area contributed by atoms with Crippen LogP contribution in [0.15, 0.2) is 16.6 Å². The van der Waals surface area contributed by atoms with Crippen LogP contribution in [0.5, 0.6) is 11.5 Å². The number of piperazine rings is 1. The SMILES string of the molecule is COc1cc([C@H](C2CCC2)N2CCNCC2)cc(Br)c1O. The molecule has 1 atom stereocenters. The maximum Gasteiger partial charge on any atom is 0.172 e. The summed E-state index contributed by atoms with van der Waals surface area (Å²) < 4.78 is 6.04. The monoisotopic (exact) mass is 354 g/mol. The van der Waals surface area contributed by atoms with Gasteiger partial charge in [-0.25, -0.2) is 0 Å². The van der Waals surface area contributed by atoms with Crippen LogP contribution in [0.2, 0.25) is 0 Å². The van der Waals surface area contributed by atoms with Crippen LogP contribution < -0.4 is 10.1 Å². The van der Waals surface area contributed by atoms with Gasteiger partial charge in [0.1, 0.15) is 0 Å². The first-order valence-corrected chi connectivity index (χ1v) is 8.51. The van der Waals surface area contributed by atoms with Crippen LogP contribution in [-0.2, 0) is 0 Å². The van der Waals surface area contributed by atoms with Gasteiger partial charge in [0.15, 0.2) is 11.5 Å². The second kappa shape index (κ2) is 6.55. The van der Waals surface area contributed by atoms with Gasteiger partial charge in [0.05, 0.1) is 11.6 Å². The second-order valence-electron chi connectivity index (χ2n) is 5.98. The third-order valence-corrected chi connectivity index (χ3v) is 5.36. The van der Waals surface area contributed by atoms with Gasteiger partial charge < -0.3 is 15.2 Å². The summed E-state index contributed by atoms with van der Waals surface area (Å²) in [5.41, 5.74) is 1.25. The van der Waals surface area contributed by atoms with E-state index in [0.29, 0.717) is 11.8 Å². The molecule has 0 spiro atoms. The second-order valence-corrected chi connectivity index (χ2v) is 6.83. The first-order chi connectivity index (χ1) is 10.2. The van der Waals surface area contributed by atoms with Gasteiger partial charge in [-0.3, -0.25) is 4.90 Å². The number of halogens is 1. The van der Waals surface area contributed by atoms with Crippen molar-refractivity contribution in [2.75, 3.05) is 33.3 Å². The van der Waals surface area contributed by atoms with Crippen molar-refractivity contribution in [1.82, 2.24) is 10.2 Å². The maximum absolute atomic E-state index is 10.0.